The molecule has 0 aromatic heterocycles. The largest absolute Gasteiger partial charge is 0.0581 e. The van der Waals surface area contributed by atoms with Crippen LogP contribution in [-0.2, 0) is 6.42 Å². The lowest BCUT2D eigenvalue weighted by molar-refractivity contribution is 0.664. The van der Waals surface area contributed by atoms with Crippen LogP contribution in [0.2, 0.25) is 0 Å². The van der Waals surface area contributed by atoms with Crippen LogP contribution in [0.25, 0.3) is 0 Å². The average Bonchev–Trinajstić information content (AvgIpc) is 2.02. The van der Waals surface area contributed by atoms with Crippen LogP contribution in [0.15, 0.2) is 23.1 Å². The molecule has 0 saturated heterocycles. The van der Waals surface area contributed by atoms with Gasteiger partial charge in [0.05, 0.1) is 0 Å². The number of fused-ring (bicyclic) bond motifs is 1. The molecule has 1 aromatic carbocycles. The van der Waals surface area contributed by atoms with E-state index in [1.807, 2.05) is 0 Å². The zero-order chi connectivity index (χ0) is 7.84. The highest BCUT2D eigenvalue weighted by molar-refractivity contribution is 14.2. The Kier molecular flexibility index (Phi) is 2.14. The third kappa shape index (κ3) is 1.31. The van der Waals surface area contributed by atoms with Gasteiger partial charge in [-0.05, 0) is 35.6 Å². The Morgan fingerprint density at radius 2 is 2.36 bits per heavy atom. The van der Waals surface area contributed by atoms with E-state index in [-0.39, 0.29) is 0 Å². The summed E-state index contributed by atoms with van der Waals surface area (Å²) in [4.78, 5) is 1.39. The lowest BCUT2D eigenvalue weighted by atomic mass is 9.79. The molecule has 0 fully saturated rings. The molecule has 0 nitrogen and oxygen atoms in total. The minimum atomic E-state index is 0.804. The minimum absolute atomic E-state index is 0.804. The molecule has 58 valence electrons. The molecular formula is C9H9IS. The Balaban J connectivity index is 2.38. The first kappa shape index (κ1) is 7.92. The summed E-state index contributed by atoms with van der Waals surface area (Å²) in [7, 11) is 1.80. The molecule has 2 heteroatoms. The van der Waals surface area contributed by atoms with Gasteiger partial charge in [-0.2, -0.15) is 0 Å². The lowest BCUT2D eigenvalue weighted by Crippen LogP contribution is -2.13. The number of benzene rings is 1. The van der Waals surface area contributed by atoms with E-state index in [2.05, 4.69) is 46.3 Å². The fourth-order valence-electron chi connectivity index (χ4n) is 1.60. The molecule has 0 radical (unpaired) electrons. The van der Waals surface area contributed by atoms with E-state index < -0.39 is 0 Å². The van der Waals surface area contributed by atoms with Gasteiger partial charge in [-0.1, -0.05) is 21.9 Å². The van der Waals surface area contributed by atoms with E-state index in [4.69, 9.17) is 0 Å². The molecule has 1 aromatic rings. The quantitative estimate of drug-likeness (QED) is 0.703. The van der Waals surface area contributed by atoms with Crippen molar-refractivity contribution in [2.24, 2.45) is 0 Å². The van der Waals surface area contributed by atoms with Gasteiger partial charge in [-0.25, -0.2) is 0 Å². The average molecular weight is 276 g/mol. The van der Waals surface area contributed by atoms with E-state index in [9.17, 15) is 0 Å². The first-order valence-electron chi connectivity index (χ1n) is 3.72. The number of hydrogen-bond donors (Lipinski definition) is 0. The highest BCUT2D eigenvalue weighted by Gasteiger charge is 2.21. The van der Waals surface area contributed by atoms with Gasteiger partial charge in [0.1, 0.15) is 0 Å². The highest BCUT2D eigenvalue weighted by Crippen LogP contribution is 2.38. The smallest absolute Gasteiger partial charge is 0.0181 e. The van der Waals surface area contributed by atoms with Crippen molar-refractivity contribution >= 4 is 30.1 Å². The monoisotopic (exact) mass is 276 g/mol. The second kappa shape index (κ2) is 2.98. The third-order valence-corrected chi connectivity index (χ3v) is 4.22. The fourth-order valence-corrected chi connectivity index (χ4v) is 2.72. The summed E-state index contributed by atoms with van der Waals surface area (Å²) < 4.78 is 0. The molecule has 1 aliphatic rings. The minimum Gasteiger partial charge on any atom is -0.0581 e. The van der Waals surface area contributed by atoms with Crippen molar-refractivity contribution in [3.63, 3.8) is 0 Å². The molecule has 1 aliphatic carbocycles. The maximum atomic E-state index is 2.33. The predicted octanol–water partition coefficient (Wildman–Crippen LogP) is 3.79. The van der Waals surface area contributed by atoms with Crippen molar-refractivity contribution < 1.29 is 0 Å². The molecular weight excluding hydrogens is 267 g/mol. The number of halogens is 1. The second-order valence-corrected chi connectivity index (χ2v) is 4.99. The number of rotatable bonds is 1. The van der Waals surface area contributed by atoms with Gasteiger partial charge in [0.15, 0.2) is 0 Å². The van der Waals surface area contributed by atoms with Crippen molar-refractivity contribution in [2.45, 2.75) is 24.2 Å². The van der Waals surface area contributed by atoms with Gasteiger partial charge in [-0.15, -0.1) is 0 Å². The Bertz CT molecular complexity index is 283. The second-order valence-electron chi connectivity index (χ2n) is 3.04. The van der Waals surface area contributed by atoms with Crippen LogP contribution in [0.1, 0.15) is 24.0 Å². The van der Waals surface area contributed by atoms with Gasteiger partial charge >= 0.3 is 0 Å². The van der Waals surface area contributed by atoms with Crippen LogP contribution in [0.3, 0.4) is 0 Å². The zero-order valence-corrected chi connectivity index (χ0v) is 9.28. The molecule has 0 spiro atoms. The summed E-state index contributed by atoms with van der Waals surface area (Å²) >= 11 is 2.33. The number of hydrogen-bond acceptors (Lipinski definition) is 1. The topological polar surface area (TPSA) is 0 Å². The van der Waals surface area contributed by atoms with E-state index in [1.54, 1.807) is 20.1 Å². The Hall–Kier alpha value is 0.300. The lowest BCUT2D eigenvalue weighted by Gasteiger charge is -2.26. The van der Waals surface area contributed by atoms with Crippen molar-refractivity contribution in [2.75, 3.05) is 0 Å². The van der Waals surface area contributed by atoms with Crippen LogP contribution in [0.5, 0.6) is 0 Å². The fraction of sp³-hybridized carbons (Fsp3) is 0.333. The maximum Gasteiger partial charge on any atom is 0.0181 e. The normalized spacial score (nSPS) is 20.7. The van der Waals surface area contributed by atoms with E-state index in [0.717, 1.165) is 5.92 Å². The summed E-state index contributed by atoms with van der Waals surface area (Å²) in [6, 6.07) is 6.79. The van der Waals surface area contributed by atoms with Crippen molar-refractivity contribution in [1.29, 1.82) is 0 Å². The molecule has 0 N–H and O–H groups in total. The summed E-state index contributed by atoms with van der Waals surface area (Å²) in [5, 5.41) is 0. The van der Waals surface area contributed by atoms with Gasteiger partial charge < -0.3 is 0 Å². The van der Waals surface area contributed by atoms with Gasteiger partial charge in [0.25, 0.3) is 0 Å². The van der Waals surface area contributed by atoms with E-state index in [1.165, 1.54) is 11.3 Å². The van der Waals surface area contributed by atoms with Crippen LogP contribution in [0, 0.1) is 0 Å². The summed E-state index contributed by atoms with van der Waals surface area (Å²) in [5.41, 5.74) is 3.11. The molecule has 2 rings (SSSR count). The van der Waals surface area contributed by atoms with Crippen molar-refractivity contribution in [3.05, 3.63) is 29.3 Å². The first-order chi connectivity index (χ1) is 5.31. The molecule has 1 atom stereocenters. The summed E-state index contributed by atoms with van der Waals surface area (Å²) in [6.45, 7) is 2.29. The van der Waals surface area contributed by atoms with Crippen LogP contribution in [0.4, 0.5) is 0 Å². The highest BCUT2D eigenvalue weighted by atomic mass is 127. The van der Waals surface area contributed by atoms with Crippen molar-refractivity contribution in [3.8, 4) is 0 Å². The first-order valence-corrected chi connectivity index (χ1v) is 7.08. The standard InChI is InChI=1S/C9H9IS/c1-6-4-7-5-8(11-10)2-3-9(6)7/h2-3,5-6H,4H2,1H3. The maximum absolute atomic E-state index is 2.33. The molecule has 0 heterocycles. The molecule has 0 aliphatic heterocycles. The molecule has 11 heavy (non-hydrogen) atoms. The summed E-state index contributed by atoms with van der Waals surface area (Å²) in [5.74, 6) is 0.804. The Morgan fingerprint density at radius 1 is 1.55 bits per heavy atom. The van der Waals surface area contributed by atoms with Gasteiger partial charge in [-0.3, -0.25) is 0 Å². The Morgan fingerprint density at radius 3 is 2.91 bits per heavy atom. The van der Waals surface area contributed by atoms with Crippen LogP contribution in [-0.4, -0.2) is 0 Å². The van der Waals surface area contributed by atoms with Gasteiger partial charge in [0, 0.05) is 26.1 Å². The van der Waals surface area contributed by atoms with Crippen LogP contribution < -0.4 is 0 Å². The molecule has 0 bridgehead atoms. The van der Waals surface area contributed by atoms with Gasteiger partial charge in [0.2, 0.25) is 0 Å². The SMILES string of the molecule is CC1Cc2cc(SI)ccc21. The molecule has 0 saturated carbocycles. The van der Waals surface area contributed by atoms with E-state index >= 15 is 0 Å². The molecule has 1 unspecified atom stereocenters. The predicted molar refractivity (Wildman–Crippen MR) is 58.4 cm³/mol. The molecule has 0 amide bonds. The van der Waals surface area contributed by atoms with Crippen LogP contribution >= 0.6 is 30.1 Å². The third-order valence-electron chi connectivity index (χ3n) is 2.26. The van der Waals surface area contributed by atoms with E-state index in [0.29, 0.717) is 0 Å². The summed E-state index contributed by atoms with van der Waals surface area (Å²) in [6.07, 6.45) is 1.28. The zero-order valence-electron chi connectivity index (χ0n) is 6.30. The van der Waals surface area contributed by atoms with Crippen molar-refractivity contribution in [1.82, 2.24) is 0 Å². The Labute approximate surface area is 83.4 Å².